The van der Waals surface area contributed by atoms with Crippen LogP contribution in [0.15, 0.2) is 30.5 Å². The van der Waals surface area contributed by atoms with Gasteiger partial charge in [0.2, 0.25) is 5.91 Å². The predicted molar refractivity (Wildman–Crippen MR) is 129 cm³/mol. The molecule has 0 bridgehead atoms. The fourth-order valence-electron chi connectivity index (χ4n) is 5.44. The minimum atomic E-state index is -4.48. The molecule has 3 aliphatic rings. The average molecular weight is 521 g/mol. The lowest BCUT2D eigenvalue weighted by molar-refractivity contribution is -0.146. The zero-order chi connectivity index (χ0) is 26.4. The third-order valence-electron chi connectivity index (χ3n) is 7.50. The van der Waals surface area contributed by atoms with Crippen molar-refractivity contribution < 1.29 is 32.5 Å². The number of nitrogens with zero attached hydrogens (tertiary/aromatic N) is 4. The number of anilines is 1. The Morgan fingerprint density at radius 2 is 2.11 bits per heavy atom. The molecule has 0 aliphatic carbocycles. The summed E-state index contributed by atoms with van der Waals surface area (Å²) in [6.45, 7) is 4.92. The lowest BCUT2D eigenvalue weighted by Gasteiger charge is -2.37. The molecule has 2 unspecified atom stereocenters. The summed E-state index contributed by atoms with van der Waals surface area (Å²) in [5.74, 6) is 0.534. The fourth-order valence-corrected chi connectivity index (χ4v) is 5.44. The van der Waals surface area contributed by atoms with Crippen molar-refractivity contribution in [3.8, 4) is 5.75 Å². The topological polar surface area (TPSA) is 78.4 Å². The number of likely N-dealkylation sites (tertiary alicyclic amines) is 1. The Bertz CT molecular complexity index is 1180. The Labute approximate surface area is 213 Å². The van der Waals surface area contributed by atoms with Crippen LogP contribution in [0.3, 0.4) is 0 Å². The zero-order valence-electron chi connectivity index (χ0n) is 20.9. The van der Waals surface area contributed by atoms with E-state index < -0.39 is 23.6 Å². The van der Waals surface area contributed by atoms with Crippen LogP contribution in [0.4, 0.5) is 18.9 Å². The first-order valence-electron chi connectivity index (χ1n) is 12.4. The quantitative estimate of drug-likeness (QED) is 0.628. The number of aliphatic hydroxyl groups is 1. The molecule has 3 aliphatic heterocycles. The van der Waals surface area contributed by atoms with Crippen molar-refractivity contribution in [2.45, 2.75) is 45.4 Å². The summed E-state index contributed by atoms with van der Waals surface area (Å²) in [6, 6.07) is 6.87. The van der Waals surface area contributed by atoms with Crippen LogP contribution in [-0.4, -0.2) is 72.1 Å². The molecule has 5 rings (SSSR count). The molecule has 1 amide bonds. The summed E-state index contributed by atoms with van der Waals surface area (Å²) in [7, 11) is 1.76. The lowest BCUT2D eigenvalue weighted by Crippen LogP contribution is -2.49. The summed E-state index contributed by atoms with van der Waals surface area (Å²) in [4.78, 5) is 23.4. The highest BCUT2D eigenvalue weighted by Gasteiger charge is 2.47. The Morgan fingerprint density at radius 1 is 1.30 bits per heavy atom. The molecule has 1 N–H and O–H groups in total. The SMILES string of the molecule is CCOCC1(C(=O)N2CCc3ncc(C(F)(F)F)cc3C2)CCN(Cc2ccc3c(c2)N(C)C(O)O3)C1. The number of aliphatic hydroxyl groups excluding tert-OH is 1. The summed E-state index contributed by atoms with van der Waals surface area (Å²) in [6.07, 6.45) is -3.60. The van der Waals surface area contributed by atoms with Crippen molar-refractivity contribution in [1.29, 1.82) is 0 Å². The number of pyridine rings is 1. The standard InChI is InChI=1S/C26H31F3N4O4/c1-3-36-16-25(23(34)33-8-6-20-18(14-33)11-19(12-30-20)26(27,28)29)7-9-32(15-25)13-17-4-5-22-21(10-17)31(2)24(35)37-22/h4-5,10-12,24,35H,3,6-9,13-16H2,1-2H3. The predicted octanol–water partition coefficient (Wildman–Crippen LogP) is 3.02. The number of benzene rings is 1. The van der Waals surface area contributed by atoms with Crippen LogP contribution in [0.2, 0.25) is 0 Å². The summed E-state index contributed by atoms with van der Waals surface area (Å²) >= 11 is 0. The molecule has 0 radical (unpaired) electrons. The minimum Gasteiger partial charge on any atom is -0.445 e. The first-order chi connectivity index (χ1) is 17.6. The maximum atomic E-state index is 13.9. The average Bonchev–Trinajstić information content (AvgIpc) is 3.42. The second-order valence-corrected chi connectivity index (χ2v) is 10.0. The molecule has 4 heterocycles. The van der Waals surface area contributed by atoms with Gasteiger partial charge in [-0.15, -0.1) is 0 Å². The highest BCUT2D eigenvalue weighted by molar-refractivity contribution is 5.84. The second-order valence-electron chi connectivity index (χ2n) is 10.0. The van der Waals surface area contributed by atoms with E-state index in [1.807, 2.05) is 25.1 Å². The zero-order valence-corrected chi connectivity index (χ0v) is 20.9. The molecule has 1 fully saturated rings. The van der Waals surface area contributed by atoms with Gasteiger partial charge in [0.1, 0.15) is 5.75 Å². The third kappa shape index (κ3) is 4.99. The third-order valence-corrected chi connectivity index (χ3v) is 7.50. The molecule has 2 aromatic rings. The van der Waals surface area contributed by atoms with E-state index in [0.717, 1.165) is 23.5 Å². The summed E-state index contributed by atoms with van der Waals surface area (Å²) < 4.78 is 50.9. The Kier molecular flexibility index (Phi) is 6.80. The van der Waals surface area contributed by atoms with E-state index in [1.165, 1.54) is 0 Å². The van der Waals surface area contributed by atoms with Gasteiger partial charge in [0.05, 0.1) is 23.3 Å². The van der Waals surface area contributed by atoms with E-state index in [0.29, 0.717) is 62.6 Å². The van der Waals surface area contributed by atoms with Gasteiger partial charge < -0.3 is 24.4 Å². The van der Waals surface area contributed by atoms with Crippen LogP contribution in [0.1, 0.15) is 35.7 Å². The number of aromatic nitrogens is 1. The molecule has 1 aromatic carbocycles. The number of carbonyl (C=O) groups is 1. The molecule has 1 aromatic heterocycles. The molecule has 11 heteroatoms. The van der Waals surface area contributed by atoms with E-state index in [-0.39, 0.29) is 19.1 Å². The van der Waals surface area contributed by atoms with E-state index in [9.17, 15) is 23.1 Å². The van der Waals surface area contributed by atoms with Gasteiger partial charge in [0, 0.05) is 58.1 Å². The van der Waals surface area contributed by atoms with Crippen molar-refractivity contribution in [1.82, 2.24) is 14.8 Å². The first kappa shape index (κ1) is 25.7. The number of ether oxygens (including phenoxy) is 2. The number of fused-ring (bicyclic) bond motifs is 2. The number of alkyl halides is 3. The molecule has 0 saturated carbocycles. The van der Waals surface area contributed by atoms with E-state index in [1.54, 1.807) is 16.8 Å². The molecular formula is C26H31F3N4O4. The highest BCUT2D eigenvalue weighted by atomic mass is 19.4. The lowest BCUT2D eigenvalue weighted by atomic mass is 9.85. The number of amides is 1. The van der Waals surface area contributed by atoms with Crippen LogP contribution in [0.5, 0.6) is 5.75 Å². The molecule has 1 saturated heterocycles. The molecule has 200 valence electrons. The number of rotatable bonds is 6. The number of carbonyl (C=O) groups excluding carboxylic acids is 1. The van der Waals surface area contributed by atoms with Crippen LogP contribution in [0, 0.1) is 5.41 Å². The Morgan fingerprint density at radius 3 is 2.86 bits per heavy atom. The molecule has 8 nitrogen and oxygen atoms in total. The van der Waals surface area contributed by atoms with Crippen molar-refractivity contribution in [3.63, 3.8) is 0 Å². The van der Waals surface area contributed by atoms with Crippen LogP contribution in [-0.2, 0) is 35.2 Å². The van der Waals surface area contributed by atoms with E-state index >= 15 is 0 Å². The van der Waals surface area contributed by atoms with Gasteiger partial charge in [-0.1, -0.05) is 6.07 Å². The normalized spacial score (nSPS) is 23.7. The van der Waals surface area contributed by atoms with Gasteiger partial charge >= 0.3 is 6.18 Å². The van der Waals surface area contributed by atoms with Gasteiger partial charge in [-0.3, -0.25) is 14.7 Å². The van der Waals surface area contributed by atoms with Crippen molar-refractivity contribution in [2.24, 2.45) is 5.41 Å². The van der Waals surface area contributed by atoms with Crippen LogP contribution in [0.25, 0.3) is 0 Å². The molecular weight excluding hydrogens is 489 g/mol. The smallest absolute Gasteiger partial charge is 0.417 e. The van der Waals surface area contributed by atoms with Gasteiger partial charge in [0.25, 0.3) is 6.41 Å². The van der Waals surface area contributed by atoms with Gasteiger partial charge in [-0.05, 0) is 49.2 Å². The number of hydrogen-bond acceptors (Lipinski definition) is 7. The van der Waals surface area contributed by atoms with E-state index in [4.69, 9.17) is 9.47 Å². The van der Waals surface area contributed by atoms with Gasteiger partial charge in [-0.25, -0.2) is 0 Å². The number of halogens is 3. The Balaban J connectivity index is 1.32. The first-order valence-corrected chi connectivity index (χ1v) is 12.4. The fraction of sp³-hybridized carbons (Fsp3) is 0.538. The molecule has 0 spiro atoms. The molecule has 2 atom stereocenters. The largest absolute Gasteiger partial charge is 0.445 e. The highest BCUT2D eigenvalue weighted by Crippen LogP contribution is 2.39. The maximum Gasteiger partial charge on any atom is 0.417 e. The van der Waals surface area contributed by atoms with Gasteiger partial charge in [0.15, 0.2) is 0 Å². The maximum absolute atomic E-state index is 13.9. The van der Waals surface area contributed by atoms with Crippen LogP contribution < -0.4 is 9.64 Å². The minimum absolute atomic E-state index is 0.0864. The summed E-state index contributed by atoms with van der Waals surface area (Å²) in [5, 5.41) is 9.92. The van der Waals surface area contributed by atoms with Crippen molar-refractivity contribution in [3.05, 3.63) is 52.8 Å². The van der Waals surface area contributed by atoms with Crippen molar-refractivity contribution in [2.75, 3.05) is 44.8 Å². The molecule has 37 heavy (non-hydrogen) atoms. The van der Waals surface area contributed by atoms with Crippen molar-refractivity contribution >= 4 is 11.6 Å². The van der Waals surface area contributed by atoms with E-state index in [2.05, 4.69) is 9.88 Å². The summed E-state index contributed by atoms with van der Waals surface area (Å²) in [5.41, 5.74) is 1.33. The second kappa shape index (κ2) is 9.77. The Hall–Kier alpha value is -2.89. The number of hydrogen-bond donors (Lipinski definition) is 1. The monoisotopic (exact) mass is 520 g/mol. The van der Waals surface area contributed by atoms with Crippen LogP contribution >= 0.6 is 0 Å². The van der Waals surface area contributed by atoms with Gasteiger partial charge in [-0.2, -0.15) is 13.2 Å².